The van der Waals surface area contributed by atoms with E-state index >= 15 is 0 Å². The maximum Gasteiger partial charge on any atom is 0.166 e. The number of aromatic nitrogens is 8. The lowest BCUT2D eigenvalue weighted by molar-refractivity contribution is 0.928. The highest BCUT2D eigenvalue weighted by atomic mass is 15.1. The first-order valence-electron chi connectivity index (χ1n) is 21.4. The van der Waals surface area contributed by atoms with Crippen molar-refractivity contribution in [2.75, 3.05) is 0 Å². The maximum absolute atomic E-state index is 5.32. The van der Waals surface area contributed by atoms with Gasteiger partial charge in [0, 0.05) is 49.5 Å². The largest absolute Gasteiger partial charge is 0.309 e. The highest BCUT2D eigenvalue weighted by Crippen LogP contribution is 2.41. The number of benzene rings is 8. The fourth-order valence-electron chi connectivity index (χ4n) is 9.14. The molecule has 12 aromatic rings. The molecule has 12 rings (SSSR count). The van der Waals surface area contributed by atoms with Gasteiger partial charge in [0.1, 0.15) is 11.6 Å². The van der Waals surface area contributed by atoms with E-state index in [9.17, 15) is 0 Å². The van der Waals surface area contributed by atoms with Crippen LogP contribution in [0.3, 0.4) is 0 Å². The Hall–Kier alpha value is -8.62. The number of aryl methyl sites for hydroxylation is 2. The predicted octanol–water partition coefficient (Wildman–Crippen LogP) is 13.2. The summed E-state index contributed by atoms with van der Waals surface area (Å²) >= 11 is 0. The molecule has 0 aliphatic carbocycles. The van der Waals surface area contributed by atoms with E-state index in [0.717, 1.165) is 77.6 Å². The number of nitrogens with zero attached hydrogens (tertiary/aromatic N) is 8. The zero-order valence-corrected chi connectivity index (χ0v) is 35.1. The smallest absolute Gasteiger partial charge is 0.166 e. The van der Waals surface area contributed by atoms with Crippen molar-refractivity contribution in [2.45, 2.75) is 13.8 Å². The Bertz CT molecular complexity index is 3670. The monoisotopic (exact) mass is 822 g/mol. The molecule has 8 heteroatoms. The second kappa shape index (κ2) is 15.1. The first kappa shape index (κ1) is 37.2. The van der Waals surface area contributed by atoms with Crippen LogP contribution in [0.25, 0.3) is 112 Å². The van der Waals surface area contributed by atoms with Crippen LogP contribution in [0, 0.1) is 13.8 Å². The molecule has 8 aromatic carbocycles. The average molecular weight is 823 g/mol. The van der Waals surface area contributed by atoms with E-state index in [1.165, 1.54) is 10.8 Å². The molecule has 0 N–H and O–H groups in total. The lowest BCUT2D eigenvalue weighted by Crippen LogP contribution is -2.04. The molecule has 64 heavy (non-hydrogen) atoms. The molecule has 0 bridgehead atoms. The van der Waals surface area contributed by atoms with Gasteiger partial charge in [0.2, 0.25) is 0 Å². The molecule has 0 aliphatic rings. The van der Waals surface area contributed by atoms with Crippen molar-refractivity contribution in [1.29, 1.82) is 0 Å². The van der Waals surface area contributed by atoms with Gasteiger partial charge in [-0.1, -0.05) is 146 Å². The van der Waals surface area contributed by atoms with E-state index in [-0.39, 0.29) is 0 Å². The van der Waals surface area contributed by atoms with Gasteiger partial charge in [-0.15, -0.1) is 0 Å². The van der Waals surface area contributed by atoms with Gasteiger partial charge in [-0.05, 0) is 73.5 Å². The fourth-order valence-corrected chi connectivity index (χ4v) is 9.14. The molecular formula is C56H38N8. The van der Waals surface area contributed by atoms with Crippen LogP contribution in [0.15, 0.2) is 194 Å². The van der Waals surface area contributed by atoms with E-state index in [1.54, 1.807) is 0 Å². The number of hydrogen-bond acceptors (Lipinski definition) is 6. The first-order chi connectivity index (χ1) is 31.5. The summed E-state index contributed by atoms with van der Waals surface area (Å²) in [7, 11) is 0. The fraction of sp³-hybridized carbons (Fsp3) is 0.0357. The molecule has 302 valence electrons. The van der Waals surface area contributed by atoms with Crippen molar-refractivity contribution in [3.05, 3.63) is 206 Å². The Balaban J connectivity index is 1.15. The topological polar surface area (TPSA) is 87.2 Å². The Morgan fingerprint density at radius 3 is 1.36 bits per heavy atom. The van der Waals surface area contributed by atoms with Crippen molar-refractivity contribution in [3.8, 4) is 68.1 Å². The van der Waals surface area contributed by atoms with Gasteiger partial charge >= 0.3 is 0 Å². The number of hydrogen-bond donors (Lipinski definition) is 0. The quantitative estimate of drug-likeness (QED) is 0.159. The van der Waals surface area contributed by atoms with Crippen LogP contribution in [0.4, 0.5) is 0 Å². The molecule has 8 nitrogen and oxygen atoms in total. The molecule has 0 spiro atoms. The third-order valence-corrected chi connectivity index (χ3v) is 12.0. The minimum absolute atomic E-state index is 0.565. The van der Waals surface area contributed by atoms with Crippen LogP contribution in [0.5, 0.6) is 0 Å². The number of fused-ring (bicyclic) bond motifs is 6. The molecule has 0 fully saturated rings. The van der Waals surface area contributed by atoms with E-state index in [0.29, 0.717) is 34.9 Å². The van der Waals surface area contributed by atoms with Crippen molar-refractivity contribution in [3.63, 3.8) is 0 Å². The highest BCUT2D eigenvalue weighted by molar-refractivity contribution is 6.12. The summed E-state index contributed by atoms with van der Waals surface area (Å²) in [6.45, 7) is 3.81. The van der Waals surface area contributed by atoms with Crippen molar-refractivity contribution >= 4 is 43.6 Å². The Morgan fingerprint density at radius 2 is 0.734 bits per heavy atom. The van der Waals surface area contributed by atoms with Gasteiger partial charge in [0.05, 0.1) is 27.8 Å². The molecule has 4 aromatic heterocycles. The Labute approximate surface area is 368 Å². The summed E-state index contributed by atoms with van der Waals surface area (Å²) in [6.07, 6.45) is 0. The van der Waals surface area contributed by atoms with Gasteiger partial charge in [-0.2, -0.15) is 0 Å². The van der Waals surface area contributed by atoms with E-state index in [4.69, 9.17) is 24.9 Å². The molecule has 0 saturated carbocycles. The molecule has 0 amide bonds. The van der Waals surface area contributed by atoms with Gasteiger partial charge in [0.25, 0.3) is 0 Å². The summed E-state index contributed by atoms with van der Waals surface area (Å²) in [5.41, 5.74) is 12.1. The summed E-state index contributed by atoms with van der Waals surface area (Å²) in [6, 6.07) is 68.0. The summed E-state index contributed by atoms with van der Waals surface area (Å²) in [5, 5.41) is 4.65. The molecule has 4 heterocycles. The summed E-state index contributed by atoms with van der Waals surface area (Å²) in [5.74, 6) is 3.76. The van der Waals surface area contributed by atoms with E-state index in [2.05, 4.69) is 148 Å². The summed E-state index contributed by atoms with van der Waals surface area (Å²) in [4.78, 5) is 29.7. The molecule has 0 radical (unpaired) electrons. The van der Waals surface area contributed by atoms with E-state index in [1.807, 2.05) is 74.5 Å². The van der Waals surface area contributed by atoms with Crippen molar-refractivity contribution in [1.82, 2.24) is 39.0 Å². The molecule has 0 atom stereocenters. The van der Waals surface area contributed by atoms with Crippen LogP contribution in [0.2, 0.25) is 0 Å². The lowest BCUT2D eigenvalue weighted by Gasteiger charge is -2.17. The second-order valence-corrected chi connectivity index (χ2v) is 16.0. The average Bonchev–Trinajstić information content (AvgIpc) is 3.86. The third kappa shape index (κ3) is 6.31. The third-order valence-electron chi connectivity index (χ3n) is 12.0. The predicted molar refractivity (Wildman–Crippen MR) is 259 cm³/mol. The van der Waals surface area contributed by atoms with Crippen molar-refractivity contribution in [2.24, 2.45) is 0 Å². The molecular weight excluding hydrogens is 785 g/mol. The Morgan fingerprint density at radius 1 is 0.297 bits per heavy atom. The van der Waals surface area contributed by atoms with Gasteiger partial charge < -0.3 is 9.13 Å². The molecule has 0 aliphatic heterocycles. The first-order valence-corrected chi connectivity index (χ1v) is 21.4. The second-order valence-electron chi connectivity index (χ2n) is 16.0. The maximum atomic E-state index is 5.32. The molecule has 0 saturated heterocycles. The van der Waals surface area contributed by atoms with Gasteiger partial charge in [-0.3, -0.25) is 0 Å². The van der Waals surface area contributed by atoms with Crippen molar-refractivity contribution < 1.29 is 0 Å². The van der Waals surface area contributed by atoms with Gasteiger partial charge in [0.15, 0.2) is 23.3 Å². The van der Waals surface area contributed by atoms with Crippen LogP contribution in [-0.2, 0) is 0 Å². The SMILES string of the molecule is Cc1nc(C)nc(-c2ccc3c4ccccc4n(-c4ccc(-c5ccc6c7ccccc7n(-c7ccccc7)c6c5)cc4-c4nc(-c5ccccc5)nc(-c5ccccc5)n4)c3c2)n1. The standard InChI is InChI=1S/C56H38N8/c1-35-57-36(2)59-55(58-35)41-27-30-46-44-23-13-15-25-49(44)64(52(46)34-41)50-31-28-39(40-26-29-45-43-22-12-14-24-48(43)63(51(45)33-40)42-20-10-5-11-21-42)32-47(50)56-61-53(37-16-6-3-7-17-37)60-54(62-56)38-18-8-4-9-19-38/h3-34H,1-2H3. The highest BCUT2D eigenvalue weighted by Gasteiger charge is 2.22. The van der Waals surface area contributed by atoms with E-state index < -0.39 is 0 Å². The molecule has 0 unspecified atom stereocenters. The zero-order valence-electron chi connectivity index (χ0n) is 35.1. The van der Waals surface area contributed by atoms with Crippen LogP contribution < -0.4 is 0 Å². The lowest BCUT2D eigenvalue weighted by atomic mass is 9.99. The minimum Gasteiger partial charge on any atom is -0.309 e. The number of rotatable bonds is 7. The van der Waals surface area contributed by atoms with Crippen LogP contribution >= 0.6 is 0 Å². The summed E-state index contributed by atoms with van der Waals surface area (Å²) < 4.78 is 4.69. The minimum atomic E-state index is 0.565. The van der Waals surface area contributed by atoms with Crippen LogP contribution in [-0.4, -0.2) is 39.0 Å². The zero-order chi connectivity index (χ0) is 42.7. The normalized spacial score (nSPS) is 11.6. The van der Waals surface area contributed by atoms with Gasteiger partial charge in [-0.25, -0.2) is 29.9 Å². The number of para-hydroxylation sites is 3. The van der Waals surface area contributed by atoms with Crippen LogP contribution in [0.1, 0.15) is 11.6 Å². The Kier molecular flexibility index (Phi) is 8.76.